The molecule has 14 heavy (non-hydrogen) atoms. The van der Waals surface area contributed by atoms with Gasteiger partial charge in [-0.15, -0.1) is 0 Å². The first-order chi connectivity index (χ1) is 6.38. The molecule has 0 aliphatic heterocycles. The largest absolute Gasteiger partial charge is 0.395 e. The standard InChI is InChI=1S/C8H20NO4P/c1-4-8(6-10)9(5-2)7(3)14(11,12)13/h7-8,10H,4-6H2,1-3H3,(H2,11,12,13). The van der Waals surface area contributed by atoms with Crippen molar-refractivity contribution in [1.82, 2.24) is 4.90 Å². The van der Waals surface area contributed by atoms with E-state index in [4.69, 9.17) is 14.9 Å². The average Bonchev–Trinajstić information content (AvgIpc) is 2.11. The molecule has 0 heterocycles. The van der Waals surface area contributed by atoms with Gasteiger partial charge in [-0.2, -0.15) is 0 Å². The number of aliphatic hydroxyl groups excluding tert-OH is 1. The monoisotopic (exact) mass is 225 g/mol. The molecule has 0 rings (SSSR count). The third kappa shape index (κ3) is 3.67. The molecule has 0 aromatic heterocycles. The van der Waals surface area contributed by atoms with Crippen molar-refractivity contribution in [2.75, 3.05) is 13.2 Å². The number of rotatable bonds is 6. The van der Waals surface area contributed by atoms with Crippen LogP contribution in [0.3, 0.4) is 0 Å². The summed E-state index contributed by atoms with van der Waals surface area (Å²) in [7, 11) is -4.09. The Balaban J connectivity index is 4.62. The quantitative estimate of drug-likeness (QED) is 0.577. The van der Waals surface area contributed by atoms with Gasteiger partial charge in [0, 0.05) is 6.04 Å². The zero-order chi connectivity index (χ0) is 11.4. The van der Waals surface area contributed by atoms with Crippen LogP contribution in [0.2, 0.25) is 0 Å². The first-order valence-electron chi connectivity index (χ1n) is 4.80. The Kier molecular flexibility index (Phi) is 5.86. The third-order valence-electron chi connectivity index (χ3n) is 2.48. The van der Waals surface area contributed by atoms with Crippen molar-refractivity contribution in [2.45, 2.75) is 39.0 Å². The van der Waals surface area contributed by atoms with E-state index in [0.717, 1.165) is 0 Å². The van der Waals surface area contributed by atoms with Gasteiger partial charge in [-0.3, -0.25) is 9.46 Å². The van der Waals surface area contributed by atoms with Gasteiger partial charge >= 0.3 is 7.60 Å². The fourth-order valence-corrected chi connectivity index (χ4v) is 2.23. The molecule has 0 saturated carbocycles. The van der Waals surface area contributed by atoms with Gasteiger partial charge in [-0.05, 0) is 19.9 Å². The van der Waals surface area contributed by atoms with E-state index in [9.17, 15) is 4.57 Å². The fraction of sp³-hybridized carbons (Fsp3) is 1.00. The predicted octanol–water partition coefficient (Wildman–Crippen LogP) is 0.603. The molecule has 0 aromatic rings. The summed E-state index contributed by atoms with van der Waals surface area (Å²) in [5, 5.41) is 9.05. The Labute approximate surface area is 84.9 Å². The van der Waals surface area contributed by atoms with Gasteiger partial charge in [0.05, 0.1) is 6.61 Å². The van der Waals surface area contributed by atoms with Crippen LogP contribution in [-0.4, -0.2) is 44.8 Å². The van der Waals surface area contributed by atoms with E-state index < -0.39 is 13.4 Å². The minimum absolute atomic E-state index is 0.0747. The van der Waals surface area contributed by atoms with Crippen molar-refractivity contribution in [3.8, 4) is 0 Å². The van der Waals surface area contributed by atoms with Crippen molar-refractivity contribution in [1.29, 1.82) is 0 Å². The molecule has 5 nitrogen and oxygen atoms in total. The molecule has 0 aliphatic rings. The molecular formula is C8H20NO4P. The lowest BCUT2D eigenvalue weighted by Crippen LogP contribution is -2.43. The van der Waals surface area contributed by atoms with Gasteiger partial charge in [-0.1, -0.05) is 13.8 Å². The van der Waals surface area contributed by atoms with Crippen molar-refractivity contribution in [2.24, 2.45) is 0 Å². The Bertz CT molecular complexity index is 202. The molecule has 2 atom stereocenters. The predicted molar refractivity (Wildman–Crippen MR) is 55.1 cm³/mol. The van der Waals surface area contributed by atoms with Gasteiger partial charge in [-0.25, -0.2) is 0 Å². The molecule has 2 unspecified atom stereocenters. The normalized spacial score (nSPS) is 17.1. The molecule has 0 bridgehead atoms. The molecule has 0 fully saturated rings. The Hall–Kier alpha value is 0.0700. The van der Waals surface area contributed by atoms with Crippen LogP contribution in [0.25, 0.3) is 0 Å². The first kappa shape index (κ1) is 14.1. The highest BCUT2D eigenvalue weighted by atomic mass is 31.2. The smallest absolute Gasteiger partial charge is 0.342 e. The molecule has 0 saturated heterocycles. The number of aliphatic hydroxyl groups is 1. The molecule has 0 amide bonds. The minimum atomic E-state index is -4.09. The second kappa shape index (κ2) is 5.83. The van der Waals surface area contributed by atoms with E-state index in [-0.39, 0.29) is 12.6 Å². The highest BCUT2D eigenvalue weighted by molar-refractivity contribution is 7.52. The zero-order valence-electron chi connectivity index (χ0n) is 8.92. The van der Waals surface area contributed by atoms with E-state index in [1.807, 2.05) is 13.8 Å². The van der Waals surface area contributed by atoms with E-state index in [0.29, 0.717) is 13.0 Å². The third-order valence-corrected chi connectivity index (χ3v) is 3.75. The summed E-state index contributed by atoms with van der Waals surface area (Å²) >= 11 is 0. The second-order valence-electron chi connectivity index (χ2n) is 3.30. The lowest BCUT2D eigenvalue weighted by atomic mass is 10.2. The van der Waals surface area contributed by atoms with E-state index in [2.05, 4.69) is 0 Å². The van der Waals surface area contributed by atoms with Crippen LogP contribution in [0.15, 0.2) is 0 Å². The van der Waals surface area contributed by atoms with Gasteiger partial charge in [0.25, 0.3) is 0 Å². The van der Waals surface area contributed by atoms with E-state index >= 15 is 0 Å². The van der Waals surface area contributed by atoms with E-state index in [1.165, 1.54) is 6.92 Å². The van der Waals surface area contributed by atoms with Crippen molar-refractivity contribution < 1.29 is 19.5 Å². The van der Waals surface area contributed by atoms with Crippen LogP contribution < -0.4 is 0 Å². The maximum atomic E-state index is 11.0. The van der Waals surface area contributed by atoms with Crippen molar-refractivity contribution in [3.05, 3.63) is 0 Å². The Morgan fingerprint density at radius 2 is 1.86 bits per heavy atom. The minimum Gasteiger partial charge on any atom is -0.395 e. The van der Waals surface area contributed by atoms with Crippen LogP contribution in [0.1, 0.15) is 27.2 Å². The van der Waals surface area contributed by atoms with Gasteiger partial charge < -0.3 is 14.9 Å². The lowest BCUT2D eigenvalue weighted by molar-refractivity contribution is 0.107. The molecule has 3 N–H and O–H groups in total. The lowest BCUT2D eigenvalue weighted by Gasteiger charge is -2.34. The number of nitrogens with zero attached hydrogens (tertiary/aromatic N) is 1. The summed E-state index contributed by atoms with van der Waals surface area (Å²) in [6.45, 7) is 5.64. The summed E-state index contributed by atoms with van der Waals surface area (Å²) in [6, 6.07) is -0.178. The molecule has 0 aliphatic carbocycles. The van der Waals surface area contributed by atoms with Gasteiger partial charge in [0.2, 0.25) is 0 Å². The average molecular weight is 225 g/mol. The SMILES string of the molecule is CCC(CO)N(CC)C(C)P(=O)(O)O. The molecular weight excluding hydrogens is 205 g/mol. The highest BCUT2D eigenvalue weighted by Gasteiger charge is 2.32. The number of likely N-dealkylation sites (N-methyl/N-ethyl adjacent to an activating group) is 1. The number of hydrogen-bond acceptors (Lipinski definition) is 3. The fourth-order valence-electron chi connectivity index (χ4n) is 1.49. The van der Waals surface area contributed by atoms with Crippen molar-refractivity contribution >= 4 is 7.60 Å². The van der Waals surface area contributed by atoms with Gasteiger partial charge in [0.15, 0.2) is 0 Å². The first-order valence-corrected chi connectivity index (χ1v) is 6.48. The Morgan fingerprint density at radius 3 is 2.07 bits per heavy atom. The number of hydrogen-bond donors (Lipinski definition) is 3. The molecule has 86 valence electrons. The van der Waals surface area contributed by atoms with Crippen LogP contribution in [0.4, 0.5) is 0 Å². The second-order valence-corrected chi connectivity index (χ2v) is 5.22. The van der Waals surface area contributed by atoms with Crippen LogP contribution in [-0.2, 0) is 4.57 Å². The Morgan fingerprint density at radius 1 is 1.36 bits per heavy atom. The summed E-state index contributed by atoms with van der Waals surface area (Å²) in [5.41, 5.74) is 0. The maximum absolute atomic E-state index is 11.0. The molecule has 0 radical (unpaired) electrons. The van der Waals surface area contributed by atoms with Crippen LogP contribution in [0, 0.1) is 0 Å². The summed E-state index contributed by atoms with van der Waals surface area (Å²) in [5.74, 6) is -0.829. The molecule has 6 heteroatoms. The summed E-state index contributed by atoms with van der Waals surface area (Å²) < 4.78 is 11.0. The van der Waals surface area contributed by atoms with E-state index in [1.54, 1.807) is 4.90 Å². The topological polar surface area (TPSA) is 81.0 Å². The maximum Gasteiger partial charge on any atom is 0.342 e. The molecule has 0 spiro atoms. The molecule has 0 aromatic carbocycles. The summed E-state index contributed by atoms with van der Waals surface area (Å²) in [4.78, 5) is 19.7. The zero-order valence-corrected chi connectivity index (χ0v) is 9.81. The van der Waals surface area contributed by atoms with Crippen molar-refractivity contribution in [3.63, 3.8) is 0 Å². The van der Waals surface area contributed by atoms with Crippen LogP contribution >= 0.6 is 7.60 Å². The van der Waals surface area contributed by atoms with Gasteiger partial charge in [0.1, 0.15) is 5.78 Å². The van der Waals surface area contributed by atoms with Crippen LogP contribution in [0.5, 0.6) is 0 Å². The summed E-state index contributed by atoms with van der Waals surface area (Å²) in [6.07, 6.45) is 0.675. The highest BCUT2D eigenvalue weighted by Crippen LogP contribution is 2.43.